The summed E-state index contributed by atoms with van der Waals surface area (Å²) in [6, 6.07) is 12.4. The number of fused-ring (bicyclic) bond motifs is 3. The SMILES string of the molecule is C[C@H](N)C(=O)NCCOC(=O)c1cc2n(n1)-c1ccc(Cl)cc1C(c1ccccc1F)=NC2. The van der Waals surface area contributed by atoms with E-state index in [4.69, 9.17) is 22.1 Å². The van der Waals surface area contributed by atoms with Crippen molar-refractivity contribution in [3.63, 3.8) is 0 Å². The molecule has 1 amide bonds. The molecule has 33 heavy (non-hydrogen) atoms. The summed E-state index contributed by atoms with van der Waals surface area (Å²) in [6.07, 6.45) is 0. The van der Waals surface area contributed by atoms with Crippen molar-refractivity contribution in [2.75, 3.05) is 13.2 Å². The van der Waals surface area contributed by atoms with Crippen LogP contribution < -0.4 is 11.1 Å². The van der Waals surface area contributed by atoms with Crippen LogP contribution in [0.3, 0.4) is 0 Å². The van der Waals surface area contributed by atoms with Crippen LogP contribution in [-0.2, 0) is 16.1 Å². The third kappa shape index (κ3) is 4.79. The number of nitrogens with two attached hydrogens (primary N) is 1. The van der Waals surface area contributed by atoms with Crippen LogP contribution in [0, 0.1) is 5.82 Å². The molecule has 0 unspecified atom stereocenters. The summed E-state index contributed by atoms with van der Waals surface area (Å²) in [7, 11) is 0. The fraction of sp³-hybridized carbons (Fsp3) is 0.217. The predicted octanol–water partition coefficient (Wildman–Crippen LogP) is 2.64. The molecule has 170 valence electrons. The lowest BCUT2D eigenvalue weighted by molar-refractivity contribution is -0.122. The maximum atomic E-state index is 14.5. The van der Waals surface area contributed by atoms with E-state index >= 15 is 0 Å². The second-order valence-corrected chi connectivity index (χ2v) is 7.89. The summed E-state index contributed by atoms with van der Waals surface area (Å²) in [6.45, 7) is 1.84. The van der Waals surface area contributed by atoms with Gasteiger partial charge in [-0.3, -0.25) is 9.79 Å². The number of amides is 1. The van der Waals surface area contributed by atoms with Gasteiger partial charge in [-0.15, -0.1) is 0 Å². The molecule has 1 aliphatic heterocycles. The normalized spacial score (nSPS) is 13.3. The number of aliphatic imine (C=N–C) groups is 1. The Hall–Kier alpha value is -3.56. The quantitative estimate of drug-likeness (QED) is 0.426. The molecule has 0 fully saturated rings. The zero-order valence-electron chi connectivity index (χ0n) is 17.7. The maximum absolute atomic E-state index is 14.5. The van der Waals surface area contributed by atoms with Crippen LogP contribution >= 0.6 is 11.6 Å². The van der Waals surface area contributed by atoms with Crippen molar-refractivity contribution in [1.29, 1.82) is 0 Å². The highest BCUT2D eigenvalue weighted by atomic mass is 35.5. The van der Waals surface area contributed by atoms with Crippen molar-refractivity contribution in [2.24, 2.45) is 10.7 Å². The van der Waals surface area contributed by atoms with Gasteiger partial charge in [0.15, 0.2) is 5.69 Å². The summed E-state index contributed by atoms with van der Waals surface area (Å²) < 4.78 is 21.3. The minimum atomic E-state index is -0.645. The van der Waals surface area contributed by atoms with Crippen LogP contribution in [0.15, 0.2) is 53.5 Å². The number of hydrogen-bond acceptors (Lipinski definition) is 6. The molecule has 3 N–H and O–H groups in total. The molecule has 1 aromatic heterocycles. The van der Waals surface area contributed by atoms with E-state index in [1.165, 1.54) is 6.07 Å². The Bertz CT molecular complexity index is 1250. The monoisotopic (exact) mass is 469 g/mol. The number of esters is 1. The fourth-order valence-corrected chi connectivity index (χ4v) is 3.58. The summed E-state index contributed by atoms with van der Waals surface area (Å²) in [5, 5.41) is 7.42. The summed E-state index contributed by atoms with van der Waals surface area (Å²) in [5.41, 5.74) is 8.18. The van der Waals surface area contributed by atoms with Crippen molar-refractivity contribution >= 4 is 29.2 Å². The van der Waals surface area contributed by atoms with Gasteiger partial charge in [-0.1, -0.05) is 23.7 Å². The predicted molar refractivity (Wildman–Crippen MR) is 121 cm³/mol. The van der Waals surface area contributed by atoms with Crippen LogP contribution in [0.25, 0.3) is 5.69 Å². The summed E-state index contributed by atoms with van der Waals surface area (Å²) in [4.78, 5) is 28.6. The van der Waals surface area contributed by atoms with E-state index in [2.05, 4.69) is 15.4 Å². The number of hydrogen-bond donors (Lipinski definition) is 2. The molecule has 3 aromatic rings. The van der Waals surface area contributed by atoms with Gasteiger partial charge in [0.25, 0.3) is 0 Å². The molecule has 1 aliphatic rings. The van der Waals surface area contributed by atoms with Crippen LogP contribution in [0.4, 0.5) is 4.39 Å². The van der Waals surface area contributed by atoms with Crippen LogP contribution in [0.2, 0.25) is 5.02 Å². The third-order valence-corrected chi connectivity index (χ3v) is 5.25. The number of carbonyl (C=O) groups is 2. The Labute approximate surface area is 194 Å². The Morgan fingerprint density at radius 3 is 2.79 bits per heavy atom. The van der Waals surface area contributed by atoms with E-state index in [1.54, 1.807) is 54.1 Å². The molecule has 0 bridgehead atoms. The van der Waals surface area contributed by atoms with E-state index in [-0.39, 0.29) is 31.3 Å². The number of halogens is 2. The standard InChI is InChI=1S/C23H21ClFN5O3/c1-13(26)22(31)27-8-9-33-23(32)19-11-15-12-28-21(16-4-2-3-5-18(16)25)17-10-14(24)6-7-20(17)30(15)29-19/h2-7,10-11,13H,8-9,12,26H2,1H3,(H,27,31)/t13-/m0/s1. The van der Waals surface area contributed by atoms with Gasteiger partial charge in [0.05, 0.1) is 36.2 Å². The lowest BCUT2D eigenvalue weighted by Gasteiger charge is -2.12. The van der Waals surface area contributed by atoms with Crippen LogP contribution in [0.5, 0.6) is 0 Å². The van der Waals surface area contributed by atoms with E-state index in [0.717, 1.165) is 0 Å². The van der Waals surface area contributed by atoms with Gasteiger partial charge >= 0.3 is 5.97 Å². The van der Waals surface area contributed by atoms with Gasteiger partial charge in [0, 0.05) is 16.1 Å². The Kier molecular flexibility index (Phi) is 6.52. The number of nitrogens with one attached hydrogen (secondary N) is 1. The largest absolute Gasteiger partial charge is 0.459 e. The molecule has 4 rings (SSSR count). The van der Waals surface area contributed by atoms with Crippen molar-refractivity contribution in [3.05, 3.63) is 81.9 Å². The smallest absolute Gasteiger partial charge is 0.358 e. The second kappa shape index (κ2) is 9.51. The van der Waals surface area contributed by atoms with E-state index < -0.39 is 17.8 Å². The number of carbonyl (C=O) groups excluding carboxylic acids is 2. The minimum Gasteiger partial charge on any atom is -0.459 e. The first-order valence-electron chi connectivity index (χ1n) is 10.2. The first kappa shape index (κ1) is 22.6. The molecule has 8 nitrogen and oxygen atoms in total. The lowest BCUT2D eigenvalue weighted by atomic mass is 10.00. The molecule has 0 spiro atoms. The second-order valence-electron chi connectivity index (χ2n) is 7.45. The number of rotatable bonds is 6. The van der Waals surface area contributed by atoms with Gasteiger partial charge in [-0.2, -0.15) is 5.10 Å². The average molecular weight is 470 g/mol. The van der Waals surface area contributed by atoms with Crippen molar-refractivity contribution in [2.45, 2.75) is 19.5 Å². The van der Waals surface area contributed by atoms with Gasteiger partial charge < -0.3 is 15.8 Å². The molecule has 1 atom stereocenters. The molecule has 0 saturated heterocycles. The van der Waals surface area contributed by atoms with E-state index in [1.807, 2.05) is 0 Å². The zero-order chi connectivity index (χ0) is 23.5. The summed E-state index contributed by atoms with van der Waals surface area (Å²) in [5.74, 6) is -1.37. The highest BCUT2D eigenvalue weighted by molar-refractivity contribution is 6.31. The number of ether oxygens (including phenoxy) is 1. The van der Waals surface area contributed by atoms with Crippen molar-refractivity contribution in [3.8, 4) is 5.69 Å². The third-order valence-electron chi connectivity index (χ3n) is 5.01. The van der Waals surface area contributed by atoms with Gasteiger partial charge in [-0.05, 0) is 43.3 Å². The molecule has 2 aromatic carbocycles. The van der Waals surface area contributed by atoms with Crippen molar-refractivity contribution < 1.29 is 18.7 Å². The first-order valence-corrected chi connectivity index (χ1v) is 10.6. The Morgan fingerprint density at radius 1 is 1.24 bits per heavy atom. The molecular weight excluding hydrogens is 449 g/mol. The van der Waals surface area contributed by atoms with E-state index in [0.29, 0.717) is 33.2 Å². The first-order chi connectivity index (χ1) is 15.8. The topological polar surface area (TPSA) is 112 Å². The molecule has 0 aliphatic carbocycles. The van der Waals surface area contributed by atoms with E-state index in [9.17, 15) is 14.0 Å². The number of benzene rings is 2. The molecule has 0 radical (unpaired) electrons. The molecular formula is C23H21ClFN5O3. The Morgan fingerprint density at radius 2 is 2.03 bits per heavy atom. The van der Waals surface area contributed by atoms with Gasteiger partial charge in [0.2, 0.25) is 5.91 Å². The zero-order valence-corrected chi connectivity index (χ0v) is 18.5. The van der Waals surface area contributed by atoms with Gasteiger partial charge in [0.1, 0.15) is 12.4 Å². The number of aromatic nitrogens is 2. The van der Waals surface area contributed by atoms with Crippen LogP contribution in [0.1, 0.15) is 34.2 Å². The van der Waals surface area contributed by atoms with Crippen molar-refractivity contribution in [1.82, 2.24) is 15.1 Å². The van der Waals surface area contributed by atoms with Crippen LogP contribution in [-0.4, -0.2) is 46.6 Å². The highest BCUT2D eigenvalue weighted by Crippen LogP contribution is 2.28. The molecule has 2 heterocycles. The molecule has 0 saturated carbocycles. The Balaban J connectivity index is 1.60. The lowest BCUT2D eigenvalue weighted by Crippen LogP contribution is -2.39. The highest BCUT2D eigenvalue weighted by Gasteiger charge is 2.24. The molecule has 10 heteroatoms. The average Bonchev–Trinajstić information content (AvgIpc) is 3.16. The minimum absolute atomic E-state index is 0.0265. The maximum Gasteiger partial charge on any atom is 0.358 e. The fourth-order valence-electron chi connectivity index (χ4n) is 3.40. The number of nitrogens with zero attached hydrogens (tertiary/aromatic N) is 3. The summed E-state index contributed by atoms with van der Waals surface area (Å²) >= 11 is 6.23. The van der Waals surface area contributed by atoms with Gasteiger partial charge in [-0.25, -0.2) is 13.9 Å².